The fraction of sp³-hybridized carbons (Fsp3) is 0.364. The van der Waals surface area contributed by atoms with Crippen LogP contribution in [-0.4, -0.2) is 27.3 Å². The molecule has 2 N–H and O–H groups in total. The van der Waals surface area contributed by atoms with Crippen LogP contribution in [0.3, 0.4) is 0 Å². The van der Waals surface area contributed by atoms with Crippen molar-refractivity contribution in [2.45, 2.75) is 6.92 Å². The highest BCUT2D eigenvalue weighted by Crippen LogP contribution is 2.12. The smallest absolute Gasteiger partial charge is 0.213 e. The van der Waals surface area contributed by atoms with Crippen molar-refractivity contribution in [1.29, 1.82) is 5.26 Å². The molecule has 0 aliphatic heterocycles. The Morgan fingerprint density at radius 2 is 2.06 bits per heavy atom. The molecule has 0 saturated heterocycles. The van der Waals surface area contributed by atoms with E-state index in [2.05, 4.69) is 10.0 Å². The zero-order chi connectivity index (χ0) is 12.7. The van der Waals surface area contributed by atoms with Crippen LogP contribution in [0, 0.1) is 11.3 Å². The molecule has 0 aromatic heterocycles. The van der Waals surface area contributed by atoms with Gasteiger partial charge in [0.1, 0.15) is 6.07 Å². The van der Waals surface area contributed by atoms with Gasteiger partial charge < -0.3 is 5.32 Å². The monoisotopic (exact) mass is 253 g/mol. The lowest BCUT2D eigenvalue weighted by atomic mass is 10.2. The highest BCUT2D eigenvalue weighted by molar-refractivity contribution is 7.89. The van der Waals surface area contributed by atoms with Gasteiger partial charge in [-0.2, -0.15) is 5.26 Å². The first kappa shape index (κ1) is 13.5. The molecule has 6 heteroatoms. The summed E-state index contributed by atoms with van der Waals surface area (Å²) in [6.45, 7) is 2.39. The largest absolute Gasteiger partial charge is 0.383 e. The van der Waals surface area contributed by atoms with Crippen molar-refractivity contribution < 1.29 is 8.42 Å². The molecule has 0 unspecified atom stereocenters. The van der Waals surface area contributed by atoms with Crippen molar-refractivity contribution in [1.82, 2.24) is 4.72 Å². The van der Waals surface area contributed by atoms with E-state index in [9.17, 15) is 8.42 Å². The Labute approximate surface area is 102 Å². The minimum absolute atomic E-state index is 0.0133. The summed E-state index contributed by atoms with van der Waals surface area (Å²) < 4.78 is 25.1. The van der Waals surface area contributed by atoms with Crippen LogP contribution in [-0.2, 0) is 10.0 Å². The maximum Gasteiger partial charge on any atom is 0.213 e. The van der Waals surface area contributed by atoms with Gasteiger partial charge in [-0.05, 0) is 12.1 Å². The molecule has 0 amide bonds. The van der Waals surface area contributed by atoms with Crippen molar-refractivity contribution in [3.05, 3.63) is 29.8 Å². The SMILES string of the molecule is CCNS(=O)(=O)CCNc1ccccc1C#N. The van der Waals surface area contributed by atoms with Gasteiger partial charge in [-0.15, -0.1) is 0 Å². The lowest BCUT2D eigenvalue weighted by Crippen LogP contribution is -2.29. The molecule has 0 fully saturated rings. The highest BCUT2D eigenvalue weighted by atomic mass is 32.2. The van der Waals surface area contributed by atoms with E-state index in [0.717, 1.165) is 0 Å². The first-order chi connectivity index (χ1) is 8.09. The minimum Gasteiger partial charge on any atom is -0.383 e. The first-order valence-corrected chi connectivity index (χ1v) is 6.94. The summed E-state index contributed by atoms with van der Waals surface area (Å²) in [5, 5.41) is 11.8. The third kappa shape index (κ3) is 4.43. The molecule has 0 aliphatic rings. The maximum absolute atomic E-state index is 11.4. The number of nitrogens with zero attached hydrogens (tertiary/aromatic N) is 1. The Morgan fingerprint density at radius 1 is 1.35 bits per heavy atom. The minimum atomic E-state index is -3.22. The molecule has 5 nitrogen and oxygen atoms in total. The Kier molecular flexibility index (Phi) is 4.94. The van der Waals surface area contributed by atoms with Crippen molar-refractivity contribution in [2.75, 3.05) is 24.2 Å². The molecule has 0 radical (unpaired) electrons. The van der Waals surface area contributed by atoms with Crippen LogP contribution < -0.4 is 10.0 Å². The number of rotatable bonds is 6. The Balaban J connectivity index is 2.55. The number of anilines is 1. The van der Waals surface area contributed by atoms with Crippen molar-refractivity contribution in [2.24, 2.45) is 0 Å². The summed E-state index contributed by atoms with van der Waals surface area (Å²) in [4.78, 5) is 0. The van der Waals surface area contributed by atoms with Gasteiger partial charge in [-0.3, -0.25) is 0 Å². The van der Waals surface area contributed by atoms with Gasteiger partial charge in [0.05, 0.1) is 17.0 Å². The second-order valence-electron chi connectivity index (χ2n) is 3.40. The van der Waals surface area contributed by atoms with Gasteiger partial charge in [-0.1, -0.05) is 19.1 Å². The van der Waals surface area contributed by atoms with E-state index in [1.165, 1.54) is 0 Å². The molecule has 0 aliphatic carbocycles. The van der Waals surface area contributed by atoms with E-state index in [-0.39, 0.29) is 12.3 Å². The van der Waals surface area contributed by atoms with Gasteiger partial charge in [0.2, 0.25) is 10.0 Å². The lowest BCUT2D eigenvalue weighted by molar-refractivity contribution is 0.584. The quantitative estimate of drug-likeness (QED) is 0.789. The van der Waals surface area contributed by atoms with E-state index in [1.807, 2.05) is 6.07 Å². The summed E-state index contributed by atoms with van der Waals surface area (Å²) in [5.41, 5.74) is 1.16. The summed E-state index contributed by atoms with van der Waals surface area (Å²) in [5.74, 6) is -0.0133. The molecule has 1 aromatic rings. The molecular weight excluding hydrogens is 238 g/mol. The zero-order valence-corrected chi connectivity index (χ0v) is 10.4. The second-order valence-corrected chi connectivity index (χ2v) is 5.33. The lowest BCUT2D eigenvalue weighted by Gasteiger charge is -2.08. The third-order valence-electron chi connectivity index (χ3n) is 2.10. The molecular formula is C11H15N3O2S. The van der Waals surface area contributed by atoms with Gasteiger partial charge in [0.15, 0.2) is 0 Å². The van der Waals surface area contributed by atoms with Crippen LogP contribution in [0.15, 0.2) is 24.3 Å². The molecule has 0 spiro atoms. The van der Waals surface area contributed by atoms with Crippen LogP contribution in [0.25, 0.3) is 0 Å². The molecule has 0 atom stereocenters. The average molecular weight is 253 g/mol. The van der Waals surface area contributed by atoms with Crippen molar-refractivity contribution >= 4 is 15.7 Å². The zero-order valence-electron chi connectivity index (χ0n) is 9.60. The molecule has 1 rings (SSSR count). The number of sulfonamides is 1. The fourth-order valence-electron chi connectivity index (χ4n) is 1.35. The Hall–Kier alpha value is -1.58. The highest BCUT2D eigenvalue weighted by Gasteiger charge is 2.08. The van der Waals surface area contributed by atoms with E-state index in [4.69, 9.17) is 5.26 Å². The van der Waals surface area contributed by atoms with E-state index < -0.39 is 10.0 Å². The standard InChI is InChI=1S/C11H15N3O2S/c1-2-14-17(15,16)8-7-13-11-6-4-3-5-10(11)9-12/h3-6,13-14H,2,7-8H2,1H3. The maximum atomic E-state index is 11.4. The van der Waals surface area contributed by atoms with Crippen LogP contribution in [0.4, 0.5) is 5.69 Å². The van der Waals surface area contributed by atoms with Crippen LogP contribution in [0.1, 0.15) is 12.5 Å². The summed E-state index contributed by atoms with van der Waals surface area (Å²) >= 11 is 0. The number of hydrogen-bond donors (Lipinski definition) is 2. The van der Waals surface area contributed by atoms with Crippen molar-refractivity contribution in [3.8, 4) is 6.07 Å². The van der Waals surface area contributed by atoms with Crippen LogP contribution in [0.2, 0.25) is 0 Å². The number of para-hydroxylation sites is 1. The third-order valence-corrected chi connectivity index (χ3v) is 3.57. The van der Waals surface area contributed by atoms with Gasteiger partial charge in [-0.25, -0.2) is 13.1 Å². The number of hydrogen-bond acceptors (Lipinski definition) is 4. The molecule has 0 heterocycles. The molecule has 92 valence electrons. The predicted octanol–water partition coefficient (Wildman–Crippen LogP) is 0.909. The number of benzene rings is 1. The van der Waals surface area contributed by atoms with Crippen molar-refractivity contribution in [3.63, 3.8) is 0 Å². The van der Waals surface area contributed by atoms with Crippen LogP contribution in [0.5, 0.6) is 0 Å². The summed E-state index contributed by atoms with van der Waals surface area (Å²) in [7, 11) is -3.22. The normalized spacial score (nSPS) is 10.8. The first-order valence-electron chi connectivity index (χ1n) is 5.29. The Bertz CT molecular complexity index is 506. The molecule has 0 saturated carbocycles. The summed E-state index contributed by atoms with van der Waals surface area (Å²) in [6, 6.07) is 9.03. The van der Waals surface area contributed by atoms with Gasteiger partial charge >= 0.3 is 0 Å². The topological polar surface area (TPSA) is 82.0 Å². The summed E-state index contributed by atoms with van der Waals surface area (Å²) in [6.07, 6.45) is 0. The molecule has 17 heavy (non-hydrogen) atoms. The number of nitriles is 1. The predicted molar refractivity (Wildman–Crippen MR) is 67.1 cm³/mol. The van der Waals surface area contributed by atoms with E-state index in [1.54, 1.807) is 31.2 Å². The second kappa shape index (κ2) is 6.23. The average Bonchev–Trinajstić information content (AvgIpc) is 2.29. The fourth-order valence-corrected chi connectivity index (χ4v) is 2.30. The van der Waals surface area contributed by atoms with E-state index >= 15 is 0 Å². The molecule has 0 bridgehead atoms. The number of nitrogens with one attached hydrogen (secondary N) is 2. The molecule has 1 aromatic carbocycles. The van der Waals surface area contributed by atoms with Gasteiger partial charge in [0, 0.05) is 13.1 Å². The Morgan fingerprint density at radius 3 is 2.71 bits per heavy atom. The van der Waals surface area contributed by atoms with E-state index in [0.29, 0.717) is 17.8 Å². The van der Waals surface area contributed by atoms with Gasteiger partial charge in [0.25, 0.3) is 0 Å². The van der Waals surface area contributed by atoms with Crippen LogP contribution >= 0.6 is 0 Å².